The summed E-state index contributed by atoms with van der Waals surface area (Å²) in [4.78, 5) is 24.7. The molecular formula is C22H18FNO4. The number of hydrogen-bond donors (Lipinski definition) is 1. The van der Waals surface area contributed by atoms with Gasteiger partial charge in [0.25, 0.3) is 0 Å². The van der Waals surface area contributed by atoms with Crippen molar-refractivity contribution >= 4 is 23.1 Å². The highest BCUT2D eigenvalue weighted by atomic mass is 19.1. The third-order valence-electron chi connectivity index (χ3n) is 4.01. The quantitative estimate of drug-likeness (QED) is 0.479. The van der Waals surface area contributed by atoms with E-state index in [1.807, 2.05) is 30.3 Å². The maximum Gasteiger partial charge on any atom is 0.340 e. The first kappa shape index (κ1) is 19.1. The number of benzene rings is 3. The largest absolute Gasteiger partial charge is 0.494 e. The number of halogens is 1. The highest BCUT2D eigenvalue weighted by molar-refractivity contribution is 6.01. The van der Waals surface area contributed by atoms with E-state index in [9.17, 15) is 14.0 Å². The van der Waals surface area contributed by atoms with E-state index in [0.717, 1.165) is 11.8 Å². The van der Waals surface area contributed by atoms with E-state index in [0.29, 0.717) is 11.3 Å². The average Bonchev–Trinajstić information content (AvgIpc) is 2.73. The van der Waals surface area contributed by atoms with Gasteiger partial charge in [0, 0.05) is 11.3 Å². The van der Waals surface area contributed by atoms with Crippen LogP contribution in [0.25, 0.3) is 0 Å². The molecule has 0 fully saturated rings. The van der Waals surface area contributed by atoms with Crippen LogP contribution in [0.15, 0.2) is 72.8 Å². The van der Waals surface area contributed by atoms with E-state index in [-0.39, 0.29) is 11.3 Å². The molecule has 3 rings (SSSR count). The molecule has 6 heteroatoms. The van der Waals surface area contributed by atoms with Crippen LogP contribution in [0.1, 0.15) is 20.7 Å². The first-order chi connectivity index (χ1) is 13.6. The summed E-state index contributed by atoms with van der Waals surface area (Å²) < 4.78 is 23.7. The topological polar surface area (TPSA) is 64.6 Å². The Morgan fingerprint density at radius 1 is 0.964 bits per heavy atom. The van der Waals surface area contributed by atoms with Crippen molar-refractivity contribution in [1.29, 1.82) is 0 Å². The van der Waals surface area contributed by atoms with Gasteiger partial charge in [-0.2, -0.15) is 0 Å². The second-order valence-electron chi connectivity index (χ2n) is 5.89. The summed E-state index contributed by atoms with van der Waals surface area (Å²) in [7, 11) is 1.34. The molecule has 0 aromatic heterocycles. The Balaban J connectivity index is 1.68. The summed E-state index contributed by atoms with van der Waals surface area (Å²) in [5.74, 6) is -1.78. The Bertz CT molecular complexity index is 989. The minimum atomic E-state index is -0.655. The third-order valence-corrected chi connectivity index (χ3v) is 4.01. The van der Waals surface area contributed by atoms with Crippen LogP contribution >= 0.6 is 0 Å². The first-order valence-corrected chi connectivity index (χ1v) is 8.53. The Hall–Kier alpha value is -3.67. The molecule has 0 aliphatic heterocycles. The number of ketones is 1. The van der Waals surface area contributed by atoms with Crippen molar-refractivity contribution in [3.8, 4) is 5.75 Å². The molecule has 0 aliphatic carbocycles. The molecule has 3 aromatic rings. The van der Waals surface area contributed by atoms with Crippen LogP contribution in [-0.4, -0.2) is 25.5 Å². The molecule has 0 spiro atoms. The van der Waals surface area contributed by atoms with Crippen LogP contribution in [0.4, 0.5) is 15.8 Å². The van der Waals surface area contributed by atoms with Crippen molar-refractivity contribution in [2.75, 3.05) is 19.0 Å². The number of carbonyl (C=O) groups excluding carboxylic acids is 2. The lowest BCUT2D eigenvalue weighted by molar-refractivity contribution is 0.0475. The Morgan fingerprint density at radius 2 is 1.68 bits per heavy atom. The van der Waals surface area contributed by atoms with Crippen molar-refractivity contribution < 1.29 is 23.5 Å². The standard InChI is InChI=1S/C22H18FNO4/c1-27-21-12-11-15(13-18(21)23)20(25)14-28-22(26)17-9-5-6-10-19(17)24-16-7-3-2-4-8-16/h2-13,24H,14H2,1H3. The van der Waals surface area contributed by atoms with Crippen LogP contribution < -0.4 is 10.1 Å². The monoisotopic (exact) mass is 379 g/mol. The molecule has 0 aliphatic rings. The number of methoxy groups -OCH3 is 1. The SMILES string of the molecule is COc1ccc(C(=O)COC(=O)c2ccccc2Nc2ccccc2)cc1F. The summed E-state index contributed by atoms with van der Waals surface area (Å²) in [5, 5.41) is 3.14. The molecule has 142 valence electrons. The summed E-state index contributed by atoms with van der Waals surface area (Å²) in [5.41, 5.74) is 1.76. The van der Waals surface area contributed by atoms with Crippen LogP contribution in [0.3, 0.4) is 0 Å². The van der Waals surface area contributed by atoms with E-state index in [1.54, 1.807) is 24.3 Å². The fraction of sp³-hybridized carbons (Fsp3) is 0.0909. The van der Waals surface area contributed by atoms with E-state index in [2.05, 4.69) is 5.32 Å². The Kier molecular flexibility index (Phi) is 6.01. The number of nitrogens with one attached hydrogen (secondary N) is 1. The number of Topliss-reactive ketones (excluding diaryl/α,β-unsaturated/α-hetero) is 1. The molecule has 0 unspecified atom stereocenters. The predicted octanol–water partition coefficient (Wildman–Crippen LogP) is 4.62. The van der Waals surface area contributed by atoms with Crippen LogP contribution in [-0.2, 0) is 4.74 Å². The molecule has 0 radical (unpaired) electrons. The smallest absolute Gasteiger partial charge is 0.340 e. The average molecular weight is 379 g/mol. The number of anilines is 2. The zero-order chi connectivity index (χ0) is 19.9. The molecule has 0 saturated carbocycles. The van der Waals surface area contributed by atoms with Crippen LogP contribution in [0.5, 0.6) is 5.75 Å². The van der Waals surface area contributed by atoms with Gasteiger partial charge < -0.3 is 14.8 Å². The molecule has 3 aromatic carbocycles. The number of esters is 1. The van der Waals surface area contributed by atoms with Gasteiger partial charge in [-0.05, 0) is 42.5 Å². The lowest BCUT2D eigenvalue weighted by atomic mass is 10.1. The van der Waals surface area contributed by atoms with Gasteiger partial charge in [0.1, 0.15) is 0 Å². The maximum absolute atomic E-state index is 13.7. The zero-order valence-electron chi connectivity index (χ0n) is 15.1. The minimum absolute atomic E-state index is 0.0365. The van der Waals surface area contributed by atoms with Crippen molar-refractivity contribution in [1.82, 2.24) is 0 Å². The highest BCUT2D eigenvalue weighted by Crippen LogP contribution is 2.22. The molecule has 28 heavy (non-hydrogen) atoms. The molecule has 1 N–H and O–H groups in total. The lowest BCUT2D eigenvalue weighted by Gasteiger charge is -2.11. The summed E-state index contributed by atoms with van der Waals surface area (Å²) in [6, 6.07) is 20.0. The molecule has 0 heterocycles. The first-order valence-electron chi connectivity index (χ1n) is 8.53. The van der Waals surface area contributed by atoms with Gasteiger partial charge in [-0.25, -0.2) is 9.18 Å². The van der Waals surface area contributed by atoms with E-state index < -0.39 is 24.2 Å². The van der Waals surface area contributed by atoms with Crippen molar-refractivity contribution in [2.24, 2.45) is 0 Å². The Labute approximate surface area is 161 Å². The third kappa shape index (κ3) is 4.54. The summed E-state index contributed by atoms with van der Waals surface area (Å²) in [6.07, 6.45) is 0. The number of para-hydroxylation sites is 2. The lowest BCUT2D eigenvalue weighted by Crippen LogP contribution is -2.15. The van der Waals surface area contributed by atoms with E-state index in [4.69, 9.17) is 9.47 Å². The molecular weight excluding hydrogens is 361 g/mol. The molecule has 5 nitrogen and oxygen atoms in total. The zero-order valence-corrected chi connectivity index (χ0v) is 15.1. The number of carbonyl (C=O) groups is 2. The van der Waals surface area contributed by atoms with Gasteiger partial charge in [-0.15, -0.1) is 0 Å². The number of ether oxygens (including phenoxy) is 2. The molecule has 0 bridgehead atoms. The predicted molar refractivity (Wildman–Crippen MR) is 104 cm³/mol. The minimum Gasteiger partial charge on any atom is -0.494 e. The van der Waals surface area contributed by atoms with Gasteiger partial charge in [-0.1, -0.05) is 30.3 Å². The van der Waals surface area contributed by atoms with E-state index >= 15 is 0 Å². The second kappa shape index (κ2) is 8.81. The fourth-order valence-electron chi connectivity index (χ4n) is 2.58. The summed E-state index contributed by atoms with van der Waals surface area (Å²) in [6.45, 7) is -0.496. The van der Waals surface area contributed by atoms with Crippen molar-refractivity contribution in [3.05, 3.63) is 89.7 Å². The normalized spacial score (nSPS) is 10.2. The highest BCUT2D eigenvalue weighted by Gasteiger charge is 2.16. The van der Waals surface area contributed by atoms with Crippen LogP contribution in [0, 0.1) is 5.82 Å². The van der Waals surface area contributed by atoms with Gasteiger partial charge in [0.15, 0.2) is 24.0 Å². The second-order valence-corrected chi connectivity index (χ2v) is 5.89. The van der Waals surface area contributed by atoms with Gasteiger partial charge in [-0.3, -0.25) is 4.79 Å². The fourth-order valence-corrected chi connectivity index (χ4v) is 2.58. The van der Waals surface area contributed by atoms with Gasteiger partial charge in [0.2, 0.25) is 0 Å². The molecule has 0 amide bonds. The van der Waals surface area contributed by atoms with Crippen LogP contribution in [0.2, 0.25) is 0 Å². The summed E-state index contributed by atoms with van der Waals surface area (Å²) >= 11 is 0. The number of hydrogen-bond acceptors (Lipinski definition) is 5. The Morgan fingerprint density at radius 3 is 2.39 bits per heavy atom. The van der Waals surface area contributed by atoms with Gasteiger partial charge >= 0.3 is 5.97 Å². The number of rotatable bonds is 7. The molecule has 0 saturated heterocycles. The maximum atomic E-state index is 13.7. The van der Waals surface area contributed by atoms with E-state index in [1.165, 1.54) is 19.2 Å². The van der Waals surface area contributed by atoms with Crippen molar-refractivity contribution in [3.63, 3.8) is 0 Å². The molecule has 0 atom stereocenters. The van der Waals surface area contributed by atoms with Gasteiger partial charge in [0.05, 0.1) is 18.4 Å². The van der Waals surface area contributed by atoms with Crippen molar-refractivity contribution in [2.45, 2.75) is 0 Å².